The van der Waals surface area contributed by atoms with Crippen molar-refractivity contribution in [2.75, 3.05) is 11.9 Å². The molecule has 0 atom stereocenters. The highest BCUT2D eigenvalue weighted by atomic mass is 16.5. The molecule has 0 unspecified atom stereocenters. The topological polar surface area (TPSA) is 47.6 Å². The van der Waals surface area contributed by atoms with Crippen molar-refractivity contribution < 1.29 is 14.3 Å². The van der Waals surface area contributed by atoms with Crippen LogP contribution in [0.15, 0.2) is 66.7 Å². The Bertz CT molecular complexity index is 996. The van der Waals surface area contributed by atoms with E-state index in [1.165, 1.54) is 18.4 Å². The maximum atomic E-state index is 12.8. The second kappa shape index (κ2) is 11.2. The van der Waals surface area contributed by atoms with E-state index in [2.05, 4.69) is 24.4 Å². The standard InChI is InChI=1S/C27H31NO3/c1-4-6-9-21-11-14-24(15-12-21)28-27(29)22-13-16-26(30-5-2)23(18-22)19-31-25-10-7-8-20(3)17-25/h7-8,10-18H,4-6,9,19H2,1-3H3,(H,28,29). The smallest absolute Gasteiger partial charge is 0.255 e. The van der Waals surface area contributed by atoms with E-state index in [4.69, 9.17) is 9.47 Å². The van der Waals surface area contributed by atoms with E-state index >= 15 is 0 Å². The normalized spacial score (nSPS) is 10.5. The molecule has 4 nitrogen and oxygen atoms in total. The summed E-state index contributed by atoms with van der Waals surface area (Å²) in [7, 11) is 0. The maximum Gasteiger partial charge on any atom is 0.255 e. The summed E-state index contributed by atoms with van der Waals surface area (Å²) in [6.45, 7) is 7.03. The number of aryl methyl sites for hydroxylation is 2. The van der Waals surface area contributed by atoms with Crippen molar-refractivity contribution in [2.24, 2.45) is 0 Å². The van der Waals surface area contributed by atoms with Gasteiger partial charge < -0.3 is 14.8 Å². The van der Waals surface area contributed by atoms with E-state index in [9.17, 15) is 4.79 Å². The number of carbonyl (C=O) groups excluding carboxylic acids is 1. The van der Waals surface area contributed by atoms with Gasteiger partial charge in [0.1, 0.15) is 18.1 Å². The third kappa shape index (κ3) is 6.61. The van der Waals surface area contributed by atoms with Crippen LogP contribution in [0, 0.1) is 6.92 Å². The average molecular weight is 418 g/mol. The second-order valence-corrected chi connectivity index (χ2v) is 7.62. The molecule has 0 aliphatic carbocycles. The first-order chi connectivity index (χ1) is 15.1. The van der Waals surface area contributed by atoms with Crippen molar-refractivity contribution in [1.82, 2.24) is 0 Å². The molecule has 0 radical (unpaired) electrons. The number of ether oxygens (including phenoxy) is 2. The first kappa shape index (κ1) is 22.4. The Morgan fingerprint density at radius 1 is 0.935 bits per heavy atom. The summed E-state index contributed by atoms with van der Waals surface area (Å²) in [5, 5.41) is 2.98. The average Bonchev–Trinajstić information content (AvgIpc) is 2.78. The molecular formula is C27H31NO3. The zero-order valence-electron chi connectivity index (χ0n) is 18.6. The van der Waals surface area contributed by atoms with Gasteiger partial charge in [0.05, 0.1) is 6.61 Å². The zero-order valence-corrected chi connectivity index (χ0v) is 18.6. The molecule has 0 aliphatic heterocycles. The van der Waals surface area contributed by atoms with Gasteiger partial charge in [-0.2, -0.15) is 0 Å². The lowest BCUT2D eigenvalue weighted by Crippen LogP contribution is -2.13. The summed E-state index contributed by atoms with van der Waals surface area (Å²) in [5.74, 6) is 1.37. The fourth-order valence-corrected chi connectivity index (χ4v) is 3.33. The zero-order chi connectivity index (χ0) is 22.1. The van der Waals surface area contributed by atoms with E-state index in [-0.39, 0.29) is 5.91 Å². The minimum atomic E-state index is -0.152. The molecular weight excluding hydrogens is 386 g/mol. The number of hydrogen-bond donors (Lipinski definition) is 1. The molecule has 1 N–H and O–H groups in total. The van der Waals surface area contributed by atoms with Gasteiger partial charge >= 0.3 is 0 Å². The van der Waals surface area contributed by atoms with Crippen molar-refractivity contribution in [1.29, 1.82) is 0 Å². The number of benzene rings is 3. The molecule has 0 spiro atoms. The molecule has 31 heavy (non-hydrogen) atoms. The first-order valence-corrected chi connectivity index (χ1v) is 10.9. The minimum absolute atomic E-state index is 0.152. The molecule has 3 aromatic rings. The van der Waals surface area contributed by atoms with E-state index in [1.54, 1.807) is 6.07 Å². The van der Waals surface area contributed by atoms with Crippen molar-refractivity contribution in [2.45, 2.75) is 46.6 Å². The van der Waals surface area contributed by atoms with Gasteiger partial charge in [-0.15, -0.1) is 0 Å². The van der Waals surface area contributed by atoms with Gasteiger partial charge in [0.15, 0.2) is 0 Å². The minimum Gasteiger partial charge on any atom is -0.493 e. The quantitative estimate of drug-likeness (QED) is 0.406. The molecule has 0 bridgehead atoms. The van der Waals surface area contributed by atoms with Crippen LogP contribution in [0.25, 0.3) is 0 Å². The van der Waals surface area contributed by atoms with Gasteiger partial charge in [0, 0.05) is 16.8 Å². The highest BCUT2D eigenvalue weighted by Crippen LogP contribution is 2.24. The van der Waals surface area contributed by atoms with Crippen molar-refractivity contribution in [3.8, 4) is 11.5 Å². The van der Waals surface area contributed by atoms with Gasteiger partial charge in [-0.05, 0) is 80.3 Å². The summed E-state index contributed by atoms with van der Waals surface area (Å²) in [6, 6.07) is 21.4. The molecule has 0 heterocycles. The first-order valence-electron chi connectivity index (χ1n) is 10.9. The molecule has 0 aliphatic rings. The predicted molar refractivity (Wildman–Crippen MR) is 126 cm³/mol. The molecule has 0 saturated heterocycles. The van der Waals surface area contributed by atoms with Crippen LogP contribution in [-0.2, 0) is 13.0 Å². The Labute approximate surface area is 185 Å². The van der Waals surface area contributed by atoms with Crippen LogP contribution in [0.3, 0.4) is 0 Å². The largest absolute Gasteiger partial charge is 0.493 e. The molecule has 1 amide bonds. The van der Waals surface area contributed by atoms with E-state index < -0.39 is 0 Å². The molecule has 3 aromatic carbocycles. The lowest BCUT2D eigenvalue weighted by atomic mass is 10.1. The molecule has 0 aromatic heterocycles. The molecule has 0 fully saturated rings. The lowest BCUT2D eigenvalue weighted by molar-refractivity contribution is 0.102. The van der Waals surface area contributed by atoms with Crippen LogP contribution in [0.1, 0.15) is 53.7 Å². The fraction of sp³-hybridized carbons (Fsp3) is 0.296. The fourth-order valence-electron chi connectivity index (χ4n) is 3.33. The summed E-state index contributed by atoms with van der Waals surface area (Å²) >= 11 is 0. The van der Waals surface area contributed by atoms with E-state index in [1.807, 2.05) is 62.4 Å². The van der Waals surface area contributed by atoms with Gasteiger partial charge in [0.25, 0.3) is 5.91 Å². The summed E-state index contributed by atoms with van der Waals surface area (Å²) < 4.78 is 11.7. The Balaban J connectivity index is 1.71. The third-order valence-corrected chi connectivity index (χ3v) is 5.04. The van der Waals surface area contributed by atoms with Crippen molar-refractivity contribution in [3.05, 3.63) is 89.0 Å². The van der Waals surface area contributed by atoms with Crippen LogP contribution >= 0.6 is 0 Å². The maximum absolute atomic E-state index is 12.8. The number of carbonyl (C=O) groups is 1. The van der Waals surface area contributed by atoms with Gasteiger partial charge in [-0.25, -0.2) is 0 Å². The Kier molecular flexibility index (Phi) is 8.11. The summed E-state index contributed by atoms with van der Waals surface area (Å²) in [4.78, 5) is 12.8. The van der Waals surface area contributed by atoms with Crippen LogP contribution in [0.2, 0.25) is 0 Å². The number of nitrogens with one attached hydrogen (secondary N) is 1. The number of anilines is 1. The predicted octanol–water partition coefficient (Wildman–Crippen LogP) is 6.57. The number of amides is 1. The number of hydrogen-bond acceptors (Lipinski definition) is 3. The summed E-state index contributed by atoms with van der Waals surface area (Å²) in [5.41, 5.74) is 4.62. The second-order valence-electron chi connectivity index (χ2n) is 7.62. The molecule has 0 saturated carbocycles. The Hall–Kier alpha value is -3.27. The monoisotopic (exact) mass is 417 g/mol. The highest BCUT2D eigenvalue weighted by molar-refractivity contribution is 6.04. The number of rotatable bonds is 10. The molecule has 3 rings (SSSR count). The van der Waals surface area contributed by atoms with Gasteiger partial charge in [-0.3, -0.25) is 4.79 Å². The molecule has 4 heteroatoms. The third-order valence-electron chi connectivity index (χ3n) is 5.04. The Morgan fingerprint density at radius 2 is 1.74 bits per heavy atom. The SMILES string of the molecule is CCCCc1ccc(NC(=O)c2ccc(OCC)c(COc3cccc(C)c3)c2)cc1. The Morgan fingerprint density at radius 3 is 2.45 bits per heavy atom. The van der Waals surface area contributed by atoms with Crippen molar-refractivity contribution >= 4 is 11.6 Å². The van der Waals surface area contributed by atoms with Crippen LogP contribution in [0.4, 0.5) is 5.69 Å². The lowest BCUT2D eigenvalue weighted by Gasteiger charge is -2.14. The highest BCUT2D eigenvalue weighted by Gasteiger charge is 2.12. The number of unbranched alkanes of at least 4 members (excludes halogenated alkanes) is 1. The van der Waals surface area contributed by atoms with E-state index in [0.29, 0.717) is 18.8 Å². The van der Waals surface area contributed by atoms with Crippen LogP contribution in [0.5, 0.6) is 11.5 Å². The van der Waals surface area contributed by atoms with Crippen LogP contribution < -0.4 is 14.8 Å². The van der Waals surface area contributed by atoms with Crippen LogP contribution in [-0.4, -0.2) is 12.5 Å². The van der Waals surface area contributed by atoms with Gasteiger partial charge in [-0.1, -0.05) is 37.6 Å². The van der Waals surface area contributed by atoms with Crippen molar-refractivity contribution in [3.63, 3.8) is 0 Å². The van der Waals surface area contributed by atoms with E-state index in [0.717, 1.165) is 34.7 Å². The molecule has 162 valence electrons. The van der Waals surface area contributed by atoms with Gasteiger partial charge in [0.2, 0.25) is 0 Å². The summed E-state index contributed by atoms with van der Waals surface area (Å²) in [6.07, 6.45) is 3.41.